The number of para-hydroxylation sites is 1. The zero-order chi connectivity index (χ0) is 29.6. The Kier molecular flexibility index (Phi) is 8.27. The molecule has 5 N–H and O–H groups in total. The number of hydrogen-bond donors (Lipinski definition) is 3. The smallest absolute Gasteiger partial charge is 0.300 e. The minimum Gasteiger partial charge on any atom is -0.481 e. The molecule has 216 valence electrons. The van der Waals surface area contributed by atoms with Crippen LogP contribution in [0.15, 0.2) is 73.3 Å². The van der Waals surface area contributed by atoms with Gasteiger partial charge in [0.15, 0.2) is 5.65 Å². The average Bonchev–Trinajstić information content (AvgIpc) is 3.58. The van der Waals surface area contributed by atoms with E-state index in [-0.39, 0.29) is 18.5 Å². The molecule has 6 rings (SSSR count). The number of likely N-dealkylation sites (tertiary alicyclic amines) is 1. The fourth-order valence-corrected chi connectivity index (χ4v) is 4.84. The van der Waals surface area contributed by atoms with Crippen LogP contribution in [0.5, 0.6) is 11.5 Å². The van der Waals surface area contributed by atoms with Crippen molar-refractivity contribution in [3.63, 3.8) is 0 Å². The van der Waals surface area contributed by atoms with Crippen molar-refractivity contribution in [2.24, 2.45) is 0 Å². The number of rotatable bonds is 6. The van der Waals surface area contributed by atoms with E-state index in [0.29, 0.717) is 30.5 Å². The normalized spacial score (nSPS) is 13.4. The highest BCUT2D eigenvalue weighted by molar-refractivity contribution is 5.98. The van der Waals surface area contributed by atoms with E-state index in [4.69, 9.17) is 31.2 Å². The summed E-state index contributed by atoms with van der Waals surface area (Å²) in [5.41, 5.74) is 14.4. The highest BCUT2D eigenvalue weighted by Crippen LogP contribution is 2.35. The molecule has 13 heteroatoms. The van der Waals surface area contributed by atoms with Crippen LogP contribution >= 0.6 is 0 Å². The summed E-state index contributed by atoms with van der Waals surface area (Å²) in [7, 11) is 0. The van der Waals surface area contributed by atoms with Gasteiger partial charge >= 0.3 is 0 Å². The Balaban J connectivity index is 0.000000830. The number of nitrogens with two attached hydrogens (primary N) is 2. The van der Waals surface area contributed by atoms with E-state index in [1.165, 1.54) is 6.33 Å². The van der Waals surface area contributed by atoms with Gasteiger partial charge in [-0.05, 0) is 49.2 Å². The number of aliphatic carboxylic acids is 1. The van der Waals surface area contributed by atoms with E-state index in [2.05, 4.69) is 15.0 Å². The van der Waals surface area contributed by atoms with Crippen LogP contribution in [0.2, 0.25) is 0 Å². The van der Waals surface area contributed by atoms with Crippen LogP contribution < -0.4 is 16.2 Å². The molecule has 42 heavy (non-hydrogen) atoms. The summed E-state index contributed by atoms with van der Waals surface area (Å²) in [6.45, 7) is 2.49. The number of aromatic nitrogens is 6. The van der Waals surface area contributed by atoms with Gasteiger partial charge in [-0.15, -0.1) is 0 Å². The van der Waals surface area contributed by atoms with Gasteiger partial charge in [0.2, 0.25) is 11.9 Å². The maximum absolute atomic E-state index is 12.8. The molecule has 1 amide bonds. The second kappa shape index (κ2) is 12.4. The van der Waals surface area contributed by atoms with Gasteiger partial charge < -0.3 is 30.8 Å². The lowest BCUT2D eigenvalue weighted by molar-refractivity contribution is -0.134. The van der Waals surface area contributed by atoms with Crippen molar-refractivity contribution < 1.29 is 19.4 Å². The molecule has 0 unspecified atom stereocenters. The Bertz CT molecular complexity index is 1670. The number of carboxylic acid groups (broad SMARTS) is 1. The first kappa shape index (κ1) is 28.1. The Morgan fingerprint density at radius 3 is 2.29 bits per heavy atom. The molecule has 1 aliphatic rings. The molecule has 13 nitrogen and oxygen atoms in total. The minimum atomic E-state index is -0.833. The van der Waals surface area contributed by atoms with Gasteiger partial charge in [0.05, 0.1) is 11.4 Å². The Morgan fingerprint density at radius 1 is 0.976 bits per heavy atom. The summed E-state index contributed by atoms with van der Waals surface area (Å²) in [4.78, 5) is 36.4. The van der Waals surface area contributed by atoms with E-state index in [1.807, 2.05) is 64.2 Å². The maximum atomic E-state index is 12.8. The minimum absolute atomic E-state index is 0.0172. The van der Waals surface area contributed by atoms with Crippen molar-refractivity contribution in [1.82, 2.24) is 34.2 Å². The summed E-state index contributed by atoms with van der Waals surface area (Å²) >= 11 is 0. The number of anilines is 2. The Labute approximate surface area is 241 Å². The van der Waals surface area contributed by atoms with Crippen LogP contribution in [0.25, 0.3) is 22.3 Å². The zero-order valence-electron chi connectivity index (χ0n) is 23.0. The van der Waals surface area contributed by atoms with Crippen molar-refractivity contribution in [3.8, 4) is 22.8 Å². The second-order valence-corrected chi connectivity index (χ2v) is 9.73. The molecular formula is C29H31N9O4. The highest BCUT2D eigenvalue weighted by atomic mass is 16.5. The number of carboxylic acids is 1. The van der Waals surface area contributed by atoms with Gasteiger partial charge in [0.25, 0.3) is 5.97 Å². The summed E-state index contributed by atoms with van der Waals surface area (Å²) in [5.74, 6) is 1.39. The topological polar surface area (TPSA) is 180 Å². The molecule has 0 radical (unpaired) electrons. The average molecular weight is 570 g/mol. The molecule has 2 aromatic carbocycles. The predicted octanol–water partition coefficient (Wildman–Crippen LogP) is 3.60. The Hall–Kier alpha value is -5.46. The van der Waals surface area contributed by atoms with Gasteiger partial charge in [-0.3, -0.25) is 9.59 Å². The van der Waals surface area contributed by atoms with E-state index in [1.54, 1.807) is 17.0 Å². The quantitative estimate of drug-likeness (QED) is 0.273. The molecule has 0 bridgehead atoms. The molecule has 1 aliphatic heterocycles. The summed E-state index contributed by atoms with van der Waals surface area (Å²) in [6.07, 6.45) is 6.25. The van der Waals surface area contributed by atoms with Crippen LogP contribution in [0.3, 0.4) is 0 Å². The lowest BCUT2D eigenvalue weighted by atomic mass is 10.1. The fraction of sp³-hybridized carbons (Fsp3) is 0.241. The molecule has 4 heterocycles. The van der Waals surface area contributed by atoms with Crippen molar-refractivity contribution >= 4 is 34.7 Å². The van der Waals surface area contributed by atoms with Gasteiger partial charge in [0, 0.05) is 38.0 Å². The van der Waals surface area contributed by atoms with Crippen molar-refractivity contribution in [2.75, 3.05) is 24.6 Å². The third-order valence-corrected chi connectivity index (χ3v) is 6.84. The number of carbonyl (C=O) groups excluding carboxylic acids is 1. The number of hydrogen-bond acceptors (Lipinski definition) is 9. The number of nitrogen functional groups attached to an aromatic ring is 2. The summed E-state index contributed by atoms with van der Waals surface area (Å²) in [6, 6.07) is 17.4. The third kappa shape index (κ3) is 6.30. The van der Waals surface area contributed by atoms with Crippen molar-refractivity contribution in [1.29, 1.82) is 0 Å². The van der Waals surface area contributed by atoms with Gasteiger partial charge in [-0.25, -0.2) is 19.6 Å². The zero-order valence-corrected chi connectivity index (χ0v) is 23.0. The van der Waals surface area contributed by atoms with Crippen molar-refractivity contribution in [2.45, 2.75) is 32.4 Å². The largest absolute Gasteiger partial charge is 0.481 e. The summed E-state index contributed by atoms with van der Waals surface area (Å²) < 4.78 is 9.52. The fourth-order valence-electron chi connectivity index (χ4n) is 4.84. The summed E-state index contributed by atoms with van der Waals surface area (Å²) in [5, 5.41) is 13.1. The SMILES string of the molecule is CC(=O)O.Nc1ncnc2c1c(-c1ccc(Oc3ccccc3)cc1)nn2C1CCN(C(=O)Cn2ccnc2N)CC1. The van der Waals surface area contributed by atoms with Crippen molar-refractivity contribution in [3.05, 3.63) is 73.3 Å². The first-order valence-electron chi connectivity index (χ1n) is 13.4. The lowest BCUT2D eigenvalue weighted by Gasteiger charge is -2.32. The van der Waals surface area contributed by atoms with E-state index in [9.17, 15) is 4.79 Å². The lowest BCUT2D eigenvalue weighted by Crippen LogP contribution is -2.41. The highest BCUT2D eigenvalue weighted by Gasteiger charge is 2.28. The Morgan fingerprint density at radius 2 is 1.64 bits per heavy atom. The molecule has 0 aliphatic carbocycles. The van der Waals surface area contributed by atoms with Crippen LogP contribution in [0.1, 0.15) is 25.8 Å². The first-order valence-corrected chi connectivity index (χ1v) is 13.4. The third-order valence-electron chi connectivity index (χ3n) is 6.84. The molecule has 0 saturated carbocycles. The number of nitrogens with zero attached hydrogens (tertiary/aromatic N) is 7. The number of imidazole rings is 1. The van der Waals surface area contributed by atoms with E-state index in [0.717, 1.165) is 47.9 Å². The molecule has 0 atom stereocenters. The maximum Gasteiger partial charge on any atom is 0.300 e. The van der Waals surface area contributed by atoms with Gasteiger partial charge in [-0.2, -0.15) is 5.10 Å². The van der Waals surface area contributed by atoms with E-state index < -0.39 is 5.97 Å². The number of benzene rings is 2. The number of carbonyl (C=O) groups is 2. The number of amides is 1. The van der Waals surface area contributed by atoms with Gasteiger partial charge in [-0.1, -0.05) is 18.2 Å². The first-order chi connectivity index (χ1) is 20.3. The molecular weight excluding hydrogens is 538 g/mol. The monoisotopic (exact) mass is 569 g/mol. The van der Waals surface area contributed by atoms with Crippen LogP contribution in [0.4, 0.5) is 11.8 Å². The number of fused-ring (bicyclic) bond motifs is 1. The molecule has 1 fully saturated rings. The van der Waals surface area contributed by atoms with Gasteiger partial charge in [0.1, 0.15) is 35.9 Å². The molecule has 1 saturated heterocycles. The predicted molar refractivity (Wildman–Crippen MR) is 156 cm³/mol. The number of ether oxygens (including phenoxy) is 1. The van der Waals surface area contributed by atoms with Crippen LogP contribution in [-0.4, -0.2) is 64.3 Å². The molecule has 5 aromatic rings. The number of piperidine rings is 1. The van der Waals surface area contributed by atoms with E-state index >= 15 is 0 Å². The van der Waals surface area contributed by atoms with Crippen LogP contribution in [-0.2, 0) is 16.1 Å². The van der Waals surface area contributed by atoms with Crippen LogP contribution in [0, 0.1) is 0 Å². The standard InChI is InChI=1S/C27H27N9O2.C2H4O2/c28-25-23-24(18-6-8-21(9-7-18)38-20-4-2-1-3-5-20)33-36(26(23)32-17-31-25)19-10-13-34(14-11-19)22(37)16-35-15-12-30-27(35)29;1-2(3)4/h1-9,12,15,17,19H,10-11,13-14,16H2,(H2,29,30)(H2,28,31,32);1H3,(H,3,4). The second-order valence-electron chi connectivity index (χ2n) is 9.73. The molecule has 3 aromatic heterocycles. The molecule has 0 spiro atoms.